The van der Waals surface area contributed by atoms with Crippen LogP contribution in [0.2, 0.25) is 0 Å². The average Bonchev–Trinajstić information content (AvgIpc) is 2.60. The van der Waals surface area contributed by atoms with E-state index in [0.717, 1.165) is 4.68 Å². The van der Waals surface area contributed by atoms with Crippen molar-refractivity contribution in [2.45, 2.75) is 12.5 Å². The fourth-order valence-corrected chi connectivity index (χ4v) is 2.79. The maximum Gasteiger partial charge on any atom is 0.328 e. The Bertz CT molecular complexity index is 819. The molecule has 24 heavy (non-hydrogen) atoms. The van der Waals surface area contributed by atoms with Gasteiger partial charge in [0.1, 0.15) is 6.04 Å². The van der Waals surface area contributed by atoms with Crippen LogP contribution in [0.15, 0.2) is 29.1 Å². The lowest BCUT2D eigenvalue weighted by atomic mass is 10.1. The van der Waals surface area contributed by atoms with Crippen LogP contribution in [-0.4, -0.2) is 46.8 Å². The first kappa shape index (κ1) is 18.0. The van der Waals surface area contributed by atoms with Crippen LogP contribution in [0.1, 0.15) is 16.9 Å². The van der Waals surface area contributed by atoms with E-state index in [0.29, 0.717) is 22.9 Å². The Balaban J connectivity index is 2.38. The molecule has 7 nitrogen and oxygen atoms in total. The Morgan fingerprint density at radius 3 is 2.62 bits per heavy atom. The molecule has 2 aromatic rings. The minimum atomic E-state index is -0.757. The molecule has 8 heteroatoms. The van der Waals surface area contributed by atoms with Crippen LogP contribution in [0.3, 0.4) is 0 Å². The Morgan fingerprint density at radius 2 is 2.00 bits per heavy atom. The molecule has 2 rings (SSSR count). The second-order valence-electron chi connectivity index (χ2n) is 5.15. The van der Waals surface area contributed by atoms with Gasteiger partial charge in [0.25, 0.3) is 11.5 Å². The molecule has 1 N–H and O–H groups in total. The highest BCUT2D eigenvalue weighted by Gasteiger charge is 2.24. The van der Waals surface area contributed by atoms with E-state index in [-0.39, 0.29) is 11.3 Å². The first-order chi connectivity index (χ1) is 11.5. The number of hydrogen-bond donors (Lipinski definition) is 1. The molecule has 0 spiro atoms. The number of fused-ring (bicyclic) bond motifs is 1. The monoisotopic (exact) mass is 349 g/mol. The summed E-state index contributed by atoms with van der Waals surface area (Å²) in [5.41, 5.74) is -0.181. The highest BCUT2D eigenvalue weighted by molar-refractivity contribution is 7.98. The van der Waals surface area contributed by atoms with Crippen LogP contribution in [0, 0.1) is 0 Å². The highest BCUT2D eigenvalue weighted by Crippen LogP contribution is 2.13. The van der Waals surface area contributed by atoms with Crippen LogP contribution >= 0.6 is 11.8 Å². The number of benzene rings is 1. The van der Waals surface area contributed by atoms with Crippen molar-refractivity contribution in [3.8, 4) is 0 Å². The number of rotatable bonds is 6. The summed E-state index contributed by atoms with van der Waals surface area (Å²) in [4.78, 5) is 36.6. The summed E-state index contributed by atoms with van der Waals surface area (Å²) in [5, 5.41) is 7.56. The number of carbonyl (C=O) groups excluding carboxylic acids is 2. The summed E-state index contributed by atoms with van der Waals surface area (Å²) in [6, 6.07) is 6.00. The van der Waals surface area contributed by atoms with Crippen LogP contribution in [0.25, 0.3) is 10.8 Å². The zero-order valence-corrected chi connectivity index (χ0v) is 14.6. The Kier molecular flexibility index (Phi) is 5.97. The standard InChI is InChI=1S/C16H19N3O4S/c1-19-15(21)11-7-5-4-6-10(11)13(18-19)14(20)17-12(8-9-24-3)16(22)23-2/h4-7,12H,8-9H2,1-3H3,(H,17,20)/t12-/m0/s1. The van der Waals surface area contributed by atoms with Gasteiger partial charge in [-0.2, -0.15) is 16.9 Å². The summed E-state index contributed by atoms with van der Waals surface area (Å²) in [6.07, 6.45) is 2.36. The van der Waals surface area contributed by atoms with Crippen LogP contribution in [0.5, 0.6) is 0 Å². The predicted octanol–water partition coefficient (Wildman–Crippen LogP) is 0.958. The number of amides is 1. The molecule has 1 aromatic heterocycles. The fraction of sp³-hybridized carbons (Fsp3) is 0.375. The fourth-order valence-electron chi connectivity index (χ4n) is 2.32. The van der Waals surface area contributed by atoms with Gasteiger partial charge in [0.2, 0.25) is 0 Å². The molecule has 1 heterocycles. The minimum Gasteiger partial charge on any atom is -0.467 e. The maximum atomic E-state index is 12.6. The molecule has 0 radical (unpaired) electrons. The van der Waals surface area contributed by atoms with Gasteiger partial charge in [0.05, 0.1) is 12.5 Å². The molecule has 1 aromatic carbocycles. The van der Waals surface area contributed by atoms with E-state index in [1.165, 1.54) is 14.2 Å². The average molecular weight is 349 g/mol. The molecule has 0 saturated carbocycles. The predicted molar refractivity (Wildman–Crippen MR) is 93.3 cm³/mol. The van der Waals surface area contributed by atoms with E-state index in [9.17, 15) is 14.4 Å². The lowest BCUT2D eigenvalue weighted by Gasteiger charge is -2.16. The Morgan fingerprint density at radius 1 is 1.33 bits per heavy atom. The van der Waals surface area contributed by atoms with Gasteiger partial charge in [-0.3, -0.25) is 9.59 Å². The number of nitrogens with one attached hydrogen (secondary N) is 1. The lowest BCUT2D eigenvalue weighted by molar-refractivity contribution is -0.142. The number of methoxy groups -OCH3 is 1. The summed E-state index contributed by atoms with van der Waals surface area (Å²) in [7, 11) is 2.76. The maximum absolute atomic E-state index is 12.6. The molecule has 0 saturated heterocycles. The Hall–Kier alpha value is -2.35. The first-order valence-electron chi connectivity index (χ1n) is 7.33. The van der Waals surface area contributed by atoms with E-state index in [2.05, 4.69) is 10.4 Å². The zero-order chi connectivity index (χ0) is 17.7. The number of thioether (sulfide) groups is 1. The number of esters is 1. The third-order valence-corrected chi connectivity index (χ3v) is 4.22. The molecule has 0 unspecified atom stereocenters. The molecular formula is C16H19N3O4S. The molecule has 0 fully saturated rings. The number of nitrogens with zero attached hydrogens (tertiary/aromatic N) is 2. The first-order valence-corrected chi connectivity index (χ1v) is 8.72. The van der Waals surface area contributed by atoms with Gasteiger partial charge >= 0.3 is 5.97 Å². The van der Waals surface area contributed by atoms with Gasteiger partial charge < -0.3 is 10.1 Å². The van der Waals surface area contributed by atoms with Gasteiger partial charge in [-0.25, -0.2) is 9.48 Å². The number of ether oxygens (including phenoxy) is 1. The Labute approximate surface area is 143 Å². The summed E-state index contributed by atoms with van der Waals surface area (Å²) in [5.74, 6) is -0.327. The van der Waals surface area contributed by atoms with E-state index in [1.54, 1.807) is 36.0 Å². The van der Waals surface area contributed by atoms with E-state index in [4.69, 9.17) is 4.74 Å². The SMILES string of the molecule is COC(=O)[C@H](CCSC)NC(=O)c1nn(C)c(=O)c2ccccc12. The van der Waals surface area contributed by atoms with Gasteiger partial charge in [-0.05, 0) is 24.5 Å². The van der Waals surface area contributed by atoms with Crippen molar-refractivity contribution in [3.63, 3.8) is 0 Å². The molecule has 0 aliphatic carbocycles. The number of carbonyl (C=O) groups is 2. The van der Waals surface area contributed by atoms with E-state index < -0.39 is 17.9 Å². The smallest absolute Gasteiger partial charge is 0.328 e. The topological polar surface area (TPSA) is 90.3 Å². The van der Waals surface area contributed by atoms with Crippen molar-refractivity contribution in [2.75, 3.05) is 19.1 Å². The molecule has 1 amide bonds. The second kappa shape index (κ2) is 7.96. The van der Waals surface area contributed by atoms with Crippen molar-refractivity contribution in [2.24, 2.45) is 7.05 Å². The normalized spacial score (nSPS) is 12.0. The number of aryl methyl sites for hydroxylation is 1. The number of hydrogen-bond acceptors (Lipinski definition) is 6. The van der Waals surface area contributed by atoms with Crippen molar-refractivity contribution in [1.29, 1.82) is 0 Å². The molecule has 0 aliphatic rings. The number of aromatic nitrogens is 2. The van der Waals surface area contributed by atoms with Crippen LogP contribution in [0.4, 0.5) is 0 Å². The molecule has 1 atom stereocenters. The van der Waals surface area contributed by atoms with Gasteiger partial charge in [0, 0.05) is 12.4 Å². The largest absolute Gasteiger partial charge is 0.467 e. The summed E-state index contributed by atoms with van der Waals surface area (Å²) in [6.45, 7) is 0. The quantitative estimate of drug-likeness (QED) is 0.781. The third-order valence-electron chi connectivity index (χ3n) is 3.57. The summed E-state index contributed by atoms with van der Waals surface area (Å²) < 4.78 is 5.86. The minimum absolute atomic E-state index is 0.103. The van der Waals surface area contributed by atoms with Gasteiger partial charge in [-0.15, -0.1) is 0 Å². The van der Waals surface area contributed by atoms with Gasteiger partial charge in [0.15, 0.2) is 5.69 Å². The van der Waals surface area contributed by atoms with Crippen molar-refractivity contribution < 1.29 is 14.3 Å². The van der Waals surface area contributed by atoms with E-state index >= 15 is 0 Å². The van der Waals surface area contributed by atoms with E-state index in [1.807, 2.05) is 6.26 Å². The molecular weight excluding hydrogens is 330 g/mol. The van der Waals surface area contributed by atoms with Crippen LogP contribution < -0.4 is 10.9 Å². The molecule has 128 valence electrons. The third kappa shape index (κ3) is 3.76. The van der Waals surface area contributed by atoms with Gasteiger partial charge in [-0.1, -0.05) is 18.2 Å². The lowest BCUT2D eigenvalue weighted by Crippen LogP contribution is -2.42. The highest BCUT2D eigenvalue weighted by atomic mass is 32.2. The zero-order valence-electron chi connectivity index (χ0n) is 13.7. The molecule has 0 aliphatic heterocycles. The van der Waals surface area contributed by atoms with Crippen molar-refractivity contribution in [1.82, 2.24) is 15.1 Å². The van der Waals surface area contributed by atoms with Crippen molar-refractivity contribution in [3.05, 3.63) is 40.3 Å². The summed E-state index contributed by atoms with van der Waals surface area (Å²) >= 11 is 1.57. The van der Waals surface area contributed by atoms with Crippen LogP contribution in [-0.2, 0) is 16.6 Å². The second-order valence-corrected chi connectivity index (χ2v) is 6.14. The van der Waals surface area contributed by atoms with Crippen molar-refractivity contribution >= 4 is 34.4 Å². The molecule has 0 bridgehead atoms.